The second kappa shape index (κ2) is 15.5. The van der Waals surface area contributed by atoms with E-state index < -0.39 is 68.0 Å². The van der Waals surface area contributed by atoms with E-state index in [0.717, 1.165) is 10.9 Å². The fourth-order valence-corrected chi connectivity index (χ4v) is 6.78. The van der Waals surface area contributed by atoms with Crippen molar-refractivity contribution in [1.82, 2.24) is 29.7 Å². The lowest BCUT2D eigenvalue weighted by Gasteiger charge is -2.30. The van der Waals surface area contributed by atoms with Crippen molar-refractivity contribution in [3.8, 4) is 12.3 Å². The number of aliphatic hydroxyl groups excluding tert-OH is 1. The molecule has 3 unspecified atom stereocenters. The molecule has 18 heteroatoms. The van der Waals surface area contributed by atoms with Crippen LogP contribution in [-0.2, 0) is 32.9 Å². The van der Waals surface area contributed by atoms with E-state index in [4.69, 9.17) is 30.9 Å². The van der Waals surface area contributed by atoms with Gasteiger partial charge in [0.25, 0.3) is 5.56 Å². The molecule has 0 aromatic carbocycles. The number of nitrogen functional groups attached to an aromatic ring is 1. The fourth-order valence-electron chi connectivity index (χ4n) is 4.96. The number of alkyl halides is 1. The second-order valence-corrected chi connectivity index (χ2v) is 13.5. The van der Waals surface area contributed by atoms with Gasteiger partial charge in [0.05, 0.1) is 26.1 Å². The van der Waals surface area contributed by atoms with Crippen molar-refractivity contribution in [3.05, 3.63) is 16.7 Å². The molecule has 2 aromatic heterocycles. The summed E-state index contributed by atoms with van der Waals surface area (Å²) in [5, 5.41) is 16.4. The molecule has 0 radical (unpaired) electrons. The van der Waals surface area contributed by atoms with Crippen molar-refractivity contribution in [1.29, 1.82) is 0 Å². The molecular weight excluding hydrogens is 628 g/mol. The minimum Gasteiger partial charge on any atom is -0.465 e. The first-order valence-electron chi connectivity index (χ1n) is 14.9. The Labute approximate surface area is 265 Å². The number of nitrogens with zero attached hydrogens (tertiary/aromatic N) is 3. The van der Waals surface area contributed by atoms with E-state index in [2.05, 4.69) is 25.1 Å². The number of terminal acetylenes is 1. The minimum atomic E-state index is -4.42. The van der Waals surface area contributed by atoms with Crippen LogP contribution in [0.1, 0.15) is 60.6 Å². The third-order valence-electron chi connectivity index (χ3n) is 7.00. The van der Waals surface area contributed by atoms with Crippen molar-refractivity contribution in [3.63, 3.8) is 0 Å². The third kappa shape index (κ3) is 8.49. The lowest BCUT2D eigenvalue weighted by molar-refractivity contribution is -0.146. The van der Waals surface area contributed by atoms with Gasteiger partial charge in [-0.2, -0.15) is 4.98 Å². The zero-order valence-corrected chi connectivity index (χ0v) is 27.6. The quantitative estimate of drug-likeness (QED) is 0.0971. The number of hydrogen-bond acceptors (Lipinski definition) is 12. The molecule has 0 saturated carbocycles. The molecule has 16 nitrogen and oxygen atoms in total. The molecule has 1 aliphatic heterocycles. The van der Waals surface area contributed by atoms with Crippen LogP contribution in [0, 0.1) is 24.2 Å². The number of fused-ring (bicyclic) bond motifs is 1. The largest absolute Gasteiger partial charge is 0.465 e. The lowest BCUT2D eigenvalue weighted by atomic mass is 9.97. The highest BCUT2D eigenvalue weighted by molar-refractivity contribution is 7.54. The molecule has 3 rings (SSSR count). The van der Waals surface area contributed by atoms with Crippen LogP contribution in [0.3, 0.4) is 0 Å². The summed E-state index contributed by atoms with van der Waals surface area (Å²) in [5.41, 5.74) is 1.71. The van der Waals surface area contributed by atoms with Crippen LogP contribution in [0.2, 0.25) is 0 Å². The van der Waals surface area contributed by atoms with Crippen LogP contribution in [-0.4, -0.2) is 86.3 Å². The molecule has 0 amide bonds. The van der Waals surface area contributed by atoms with Crippen molar-refractivity contribution in [2.45, 2.75) is 90.6 Å². The van der Waals surface area contributed by atoms with Gasteiger partial charge >= 0.3 is 19.6 Å². The maximum absolute atomic E-state index is 16.3. The van der Waals surface area contributed by atoms with E-state index in [0.29, 0.717) is 0 Å². The highest BCUT2D eigenvalue weighted by Gasteiger charge is 2.58. The van der Waals surface area contributed by atoms with Gasteiger partial charge in [-0.3, -0.25) is 28.5 Å². The van der Waals surface area contributed by atoms with Gasteiger partial charge in [0.1, 0.15) is 24.3 Å². The predicted octanol–water partition coefficient (Wildman–Crippen LogP) is 1.56. The summed E-state index contributed by atoms with van der Waals surface area (Å²) in [4.78, 5) is 48.2. The summed E-state index contributed by atoms with van der Waals surface area (Å²) < 4.78 is 53.6. The number of carbonyl (C=O) groups excluding carboxylic acids is 2. The molecule has 1 fully saturated rings. The number of nitrogens with two attached hydrogens (primary N) is 1. The van der Waals surface area contributed by atoms with Crippen LogP contribution in [0.15, 0.2) is 11.1 Å². The average Bonchev–Trinajstić information content (AvgIpc) is 3.49. The van der Waals surface area contributed by atoms with E-state index in [1.807, 2.05) is 33.6 Å². The van der Waals surface area contributed by atoms with E-state index >= 15 is 4.39 Å². The molecule has 1 saturated heterocycles. The molecule has 0 spiro atoms. The zero-order chi connectivity index (χ0) is 34.4. The number of ether oxygens (including phenoxy) is 3. The molecule has 256 valence electrons. The van der Waals surface area contributed by atoms with Crippen LogP contribution >= 0.6 is 7.67 Å². The number of aromatic nitrogens is 4. The Bertz CT molecular complexity index is 1490. The Morgan fingerprint density at radius 1 is 1.20 bits per heavy atom. The topological polar surface area (TPSA) is 222 Å². The molecule has 1 aliphatic rings. The van der Waals surface area contributed by atoms with Crippen LogP contribution in [0.25, 0.3) is 11.2 Å². The van der Waals surface area contributed by atoms with Crippen LogP contribution < -0.4 is 21.5 Å². The number of halogens is 1. The number of nitrogens with one attached hydrogen (secondary N) is 3. The number of rotatable bonds is 16. The van der Waals surface area contributed by atoms with E-state index in [1.165, 1.54) is 0 Å². The predicted molar refractivity (Wildman–Crippen MR) is 165 cm³/mol. The van der Waals surface area contributed by atoms with Gasteiger partial charge in [-0.1, -0.05) is 33.6 Å². The monoisotopic (exact) mass is 671 g/mol. The Kier molecular flexibility index (Phi) is 12.5. The maximum atomic E-state index is 16.3. The van der Waals surface area contributed by atoms with Gasteiger partial charge in [0.2, 0.25) is 11.6 Å². The first-order valence-corrected chi connectivity index (χ1v) is 16.6. The molecule has 2 aromatic rings. The Hall–Kier alpha value is -3.39. The van der Waals surface area contributed by atoms with E-state index in [-0.39, 0.29) is 55.0 Å². The smallest absolute Gasteiger partial charge is 0.342 e. The first kappa shape index (κ1) is 37.1. The summed E-state index contributed by atoms with van der Waals surface area (Å²) in [5.74, 6) is 0.0826. The van der Waals surface area contributed by atoms with Gasteiger partial charge in [-0.15, -0.1) is 6.42 Å². The summed E-state index contributed by atoms with van der Waals surface area (Å²) in [6, 6.07) is -2.28. The zero-order valence-electron chi connectivity index (χ0n) is 26.7. The average molecular weight is 672 g/mol. The Morgan fingerprint density at radius 2 is 1.74 bits per heavy atom. The van der Waals surface area contributed by atoms with Gasteiger partial charge in [0.15, 0.2) is 17.4 Å². The summed E-state index contributed by atoms with van der Waals surface area (Å²) >= 11 is 0. The number of anilines is 1. The van der Waals surface area contributed by atoms with Gasteiger partial charge in [-0.25, -0.2) is 19.5 Å². The molecule has 6 N–H and O–H groups in total. The standard InChI is InChI=1S/C28H43FN7O9P/c1-8-28(29)21(37)19(45-26(28)36-14-31-20-22(36)32-27(30)33-23(20)38)13-44-46(41,34-17(11-15(4)5)24(39)42-9-2)35-18(12-16(6)7)25(40)43-10-3/h1,14-19,21,26,37H,9-13H2,2-7H3,(H2,34,35,41)(H3,30,32,33,38)/t17?,18?,19-,21?,26-,28+,46?/m1/s1. The first-order chi connectivity index (χ1) is 21.6. The normalized spacial score (nSPS) is 24.1. The highest BCUT2D eigenvalue weighted by Crippen LogP contribution is 2.46. The van der Waals surface area contributed by atoms with Gasteiger partial charge < -0.3 is 29.6 Å². The summed E-state index contributed by atoms with van der Waals surface area (Å²) in [6.45, 7) is 9.96. The Balaban J connectivity index is 1.97. The van der Waals surface area contributed by atoms with E-state index in [9.17, 15) is 24.1 Å². The summed E-state index contributed by atoms with van der Waals surface area (Å²) in [7, 11) is -4.42. The number of carbonyl (C=O) groups is 2. The molecule has 0 bridgehead atoms. The Morgan fingerprint density at radius 3 is 2.22 bits per heavy atom. The number of aromatic amines is 1. The molecule has 46 heavy (non-hydrogen) atoms. The second-order valence-electron chi connectivity index (χ2n) is 11.6. The highest BCUT2D eigenvalue weighted by atomic mass is 31.2. The summed E-state index contributed by atoms with van der Waals surface area (Å²) in [6.07, 6.45) is 1.58. The van der Waals surface area contributed by atoms with Crippen molar-refractivity contribution in [2.24, 2.45) is 11.8 Å². The van der Waals surface area contributed by atoms with Crippen LogP contribution in [0.5, 0.6) is 0 Å². The minimum absolute atomic E-state index is 0.0516. The number of imidazole rings is 1. The van der Waals surface area contributed by atoms with Crippen molar-refractivity contribution < 1.29 is 42.4 Å². The van der Waals surface area contributed by atoms with Gasteiger partial charge in [-0.05, 0) is 38.5 Å². The van der Waals surface area contributed by atoms with Gasteiger partial charge in [0, 0.05) is 0 Å². The van der Waals surface area contributed by atoms with Crippen LogP contribution in [0.4, 0.5) is 10.3 Å². The molecule has 6 atom stereocenters. The molecular formula is C28H43FN7O9P. The fraction of sp³-hybridized carbons (Fsp3) is 0.679. The molecule has 0 aliphatic carbocycles. The van der Waals surface area contributed by atoms with Crippen molar-refractivity contribution >= 4 is 36.7 Å². The maximum Gasteiger partial charge on any atom is 0.342 e. The number of aliphatic hydroxyl groups is 1. The van der Waals surface area contributed by atoms with E-state index in [1.54, 1.807) is 13.8 Å². The SMILES string of the molecule is C#C[C@]1(F)C(O)[C@@H](COP(=O)(NC(CC(C)C)C(=O)OCC)NC(CC(C)C)C(=O)OCC)O[C@H]1n1cnc2c(=O)[nH]c(N)nc21. The molecule has 3 heterocycles. The number of hydrogen-bond donors (Lipinski definition) is 5. The number of esters is 2. The third-order valence-corrected chi connectivity index (χ3v) is 8.81. The number of H-pyrrole nitrogens is 1. The lowest BCUT2D eigenvalue weighted by Crippen LogP contribution is -2.46. The van der Waals surface area contributed by atoms with Crippen molar-refractivity contribution in [2.75, 3.05) is 25.6 Å².